The van der Waals surface area contributed by atoms with Gasteiger partial charge in [-0.3, -0.25) is 4.72 Å². The summed E-state index contributed by atoms with van der Waals surface area (Å²) in [5.41, 5.74) is 5.61. The van der Waals surface area contributed by atoms with Gasteiger partial charge in [-0.15, -0.1) is 0 Å². The molecule has 3 N–H and O–H groups in total. The lowest BCUT2D eigenvalue weighted by atomic mass is 10.2. The maximum absolute atomic E-state index is 13.4. The van der Waals surface area contributed by atoms with E-state index in [2.05, 4.69) is 0 Å². The van der Waals surface area contributed by atoms with Gasteiger partial charge >= 0.3 is 0 Å². The summed E-state index contributed by atoms with van der Waals surface area (Å²) in [7, 11) is -4.00. The Morgan fingerprint density at radius 3 is 2.55 bits per heavy atom. The molecular weight excluding hydrogens is 286 g/mol. The lowest BCUT2D eigenvalue weighted by Gasteiger charge is -2.10. The van der Waals surface area contributed by atoms with Crippen LogP contribution in [0.15, 0.2) is 47.4 Å². The summed E-state index contributed by atoms with van der Waals surface area (Å²) in [6, 6.07) is 8.45. The van der Waals surface area contributed by atoms with E-state index in [9.17, 15) is 17.2 Å². The highest BCUT2D eigenvalue weighted by atomic mass is 32.2. The number of anilines is 1. The maximum Gasteiger partial charge on any atom is 0.261 e. The number of benzene rings is 2. The highest BCUT2D eigenvalue weighted by Crippen LogP contribution is 2.20. The average Bonchev–Trinajstić information content (AvgIpc) is 2.43. The summed E-state index contributed by atoms with van der Waals surface area (Å²) in [4.78, 5) is -0.0656. The highest BCUT2D eigenvalue weighted by Gasteiger charge is 2.17. The molecule has 0 saturated heterocycles. The van der Waals surface area contributed by atoms with Gasteiger partial charge in [0.05, 0.1) is 10.6 Å². The first kappa shape index (κ1) is 14.4. The number of rotatable bonds is 4. The quantitative estimate of drug-likeness (QED) is 0.909. The molecule has 0 amide bonds. The fraction of sp³-hybridized carbons (Fsp3) is 0.0769. The minimum absolute atomic E-state index is 0.0656. The minimum atomic E-state index is -4.00. The normalized spacial score (nSPS) is 11.3. The second-order valence-electron chi connectivity index (χ2n) is 4.08. The second kappa shape index (κ2) is 5.56. The van der Waals surface area contributed by atoms with Gasteiger partial charge in [0.2, 0.25) is 0 Å². The zero-order chi connectivity index (χ0) is 14.8. The van der Waals surface area contributed by atoms with E-state index in [4.69, 9.17) is 5.73 Å². The number of hydrogen-bond donors (Lipinski definition) is 2. The summed E-state index contributed by atoms with van der Waals surface area (Å²) in [6.45, 7) is 0.178. The first-order valence-electron chi connectivity index (χ1n) is 5.69. The first-order valence-corrected chi connectivity index (χ1v) is 7.17. The van der Waals surface area contributed by atoms with Gasteiger partial charge in [0.25, 0.3) is 10.0 Å². The second-order valence-corrected chi connectivity index (χ2v) is 5.76. The van der Waals surface area contributed by atoms with E-state index in [1.54, 1.807) is 6.07 Å². The van der Waals surface area contributed by atoms with Gasteiger partial charge in [0.1, 0.15) is 11.6 Å². The molecule has 0 spiro atoms. The van der Waals surface area contributed by atoms with Gasteiger partial charge < -0.3 is 5.73 Å². The molecule has 0 saturated carbocycles. The Kier molecular flexibility index (Phi) is 4.01. The molecule has 4 nitrogen and oxygen atoms in total. The van der Waals surface area contributed by atoms with Crippen LogP contribution < -0.4 is 10.5 Å². The van der Waals surface area contributed by atoms with Crippen molar-refractivity contribution in [3.8, 4) is 0 Å². The molecule has 0 fully saturated rings. The van der Waals surface area contributed by atoms with Crippen molar-refractivity contribution < 1.29 is 17.2 Å². The van der Waals surface area contributed by atoms with Crippen molar-refractivity contribution in [1.82, 2.24) is 0 Å². The van der Waals surface area contributed by atoms with Gasteiger partial charge in [0, 0.05) is 12.6 Å². The molecule has 0 aliphatic rings. The summed E-state index contributed by atoms with van der Waals surface area (Å²) < 4.78 is 52.7. The molecule has 0 aliphatic heterocycles. The van der Waals surface area contributed by atoms with Crippen LogP contribution in [0.25, 0.3) is 0 Å². The van der Waals surface area contributed by atoms with E-state index in [1.165, 1.54) is 18.2 Å². The third-order valence-corrected chi connectivity index (χ3v) is 3.98. The van der Waals surface area contributed by atoms with E-state index >= 15 is 0 Å². The fourth-order valence-electron chi connectivity index (χ4n) is 1.62. The highest BCUT2D eigenvalue weighted by molar-refractivity contribution is 7.92. The molecule has 0 radical (unpaired) electrons. The number of hydrogen-bond acceptors (Lipinski definition) is 3. The molecular formula is C13H12F2N2O2S. The first-order chi connectivity index (χ1) is 9.42. The zero-order valence-corrected chi connectivity index (χ0v) is 11.1. The van der Waals surface area contributed by atoms with Crippen molar-refractivity contribution in [2.24, 2.45) is 5.73 Å². The van der Waals surface area contributed by atoms with Crippen LogP contribution in [0.3, 0.4) is 0 Å². The molecule has 2 aromatic carbocycles. The molecule has 0 bridgehead atoms. The Labute approximate surface area is 115 Å². The topological polar surface area (TPSA) is 72.2 Å². The fourth-order valence-corrected chi connectivity index (χ4v) is 2.75. The molecule has 0 aliphatic carbocycles. The SMILES string of the molecule is NCc1cccc(S(=O)(=O)Nc2cc(F)ccc2F)c1. The third-order valence-electron chi connectivity index (χ3n) is 2.62. The molecule has 2 aromatic rings. The van der Waals surface area contributed by atoms with Crippen LogP contribution in [0.4, 0.5) is 14.5 Å². The van der Waals surface area contributed by atoms with E-state index in [0.717, 1.165) is 18.2 Å². The van der Waals surface area contributed by atoms with Crippen LogP contribution in [0.2, 0.25) is 0 Å². The van der Waals surface area contributed by atoms with Crippen molar-refractivity contribution in [3.05, 3.63) is 59.7 Å². The summed E-state index contributed by atoms with van der Waals surface area (Å²) in [5.74, 6) is -1.59. The number of nitrogens with two attached hydrogens (primary N) is 1. The van der Waals surface area contributed by atoms with Crippen LogP contribution in [-0.4, -0.2) is 8.42 Å². The molecule has 106 valence electrons. The largest absolute Gasteiger partial charge is 0.326 e. The van der Waals surface area contributed by atoms with E-state index in [1.807, 2.05) is 4.72 Å². The Hall–Kier alpha value is -1.99. The summed E-state index contributed by atoms with van der Waals surface area (Å²) in [6.07, 6.45) is 0. The molecule has 0 unspecified atom stereocenters. The maximum atomic E-state index is 13.4. The number of sulfonamides is 1. The lowest BCUT2D eigenvalue weighted by molar-refractivity contribution is 0.594. The van der Waals surface area contributed by atoms with Crippen LogP contribution >= 0.6 is 0 Å². The van der Waals surface area contributed by atoms with Gasteiger partial charge in [-0.1, -0.05) is 12.1 Å². The Balaban J connectivity index is 2.38. The summed E-state index contributed by atoms with van der Waals surface area (Å²) >= 11 is 0. The van der Waals surface area contributed by atoms with Gasteiger partial charge in [0.15, 0.2) is 0 Å². The average molecular weight is 298 g/mol. The van der Waals surface area contributed by atoms with E-state index < -0.39 is 27.3 Å². The Morgan fingerprint density at radius 1 is 1.10 bits per heavy atom. The number of halogens is 2. The zero-order valence-electron chi connectivity index (χ0n) is 10.3. The predicted molar refractivity (Wildman–Crippen MR) is 71.5 cm³/mol. The molecule has 0 aromatic heterocycles. The van der Waals surface area contributed by atoms with Gasteiger partial charge in [-0.25, -0.2) is 17.2 Å². The Bertz CT molecular complexity index is 733. The number of nitrogens with one attached hydrogen (secondary N) is 1. The molecule has 0 atom stereocenters. The van der Waals surface area contributed by atoms with Crippen molar-refractivity contribution in [3.63, 3.8) is 0 Å². The minimum Gasteiger partial charge on any atom is -0.326 e. The van der Waals surface area contributed by atoms with E-state index in [0.29, 0.717) is 5.56 Å². The van der Waals surface area contributed by atoms with Gasteiger partial charge in [-0.05, 0) is 29.8 Å². The standard InChI is InChI=1S/C13H12F2N2O2S/c14-10-4-5-12(15)13(7-10)17-20(18,19)11-3-1-2-9(6-11)8-16/h1-7,17H,8,16H2. The monoisotopic (exact) mass is 298 g/mol. The van der Waals surface area contributed by atoms with Crippen LogP contribution in [0.1, 0.15) is 5.56 Å². The molecule has 7 heteroatoms. The summed E-state index contributed by atoms with van der Waals surface area (Å²) in [5, 5.41) is 0. The third kappa shape index (κ3) is 3.12. The van der Waals surface area contributed by atoms with Crippen molar-refractivity contribution >= 4 is 15.7 Å². The van der Waals surface area contributed by atoms with Crippen molar-refractivity contribution in [1.29, 1.82) is 0 Å². The molecule has 0 heterocycles. The molecule has 2 rings (SSSR count). The predicted octanol–water partition coefficient (Wildman–Crippen LogP) is 2.22. The van der Waals surface area contributed by atoms with Crippen molar-refractivity contribution in [2.75, 3.05) is 4.72 Å². The lowest BCUT2D eigenvalue weighted by Crippen LogP contribution is -2.14. The smallest absolute Gasteiger partial charge is 0.261 e. The van der Waals surface area contributed by atoms with Crippen molar-refractivity contribution in [2.45, 2.75) is 11.4 Å². The van der Waals surface area contributed by atoms with Crippen LogP contribution in [0, 0.1) is 11.6 Å². The van der Waals surface area contributed by atoms with Gasteiger partial charge in [-0.2, -0.15) is 0 Å². The van der Waals surface area contributed by atoms with E-state index in [-0.39, 0.29) is 11.4 Å². The molecule has 20 heavy (non-hydrogen) atoms. The Morgan fingerprint density at radius 2 is 1.85 bits per heavy atom. The van der Waals surface area contributed by atoms with Crippen LogP contribution in [-0.2, 0) is 16.6 Å². The van der Waals surface area contributed by atoms with Crippen LogP contribution in [0.5, 0.6) is 0 Å².